The van der Waals surface area contributed by atoms with E-state index in [1.54, 1.807) is 24.4 Å². The van der Waals surface area contributed by atoms with E-state index in [9.17, 15) is 14.9 Å². The van der Waals surface area contributed by atoms with Crippen LogP contribution in [-0.4, -0.2) is 48.3 Å². The first-order chi connectivity index (χ1) is 12.6. The van der Waals surface area contributed by atoms with Crippen molar-refractivity contribution >= 4 is 23.5 Å². The van der Waals surface area contributed by atoms with Gasteiger partial charge in [-0.25, -0.2) is 5.43 Å². The van der Waals surface area contributed by atoms with Gasteiger partial charge in [0.25, 0.3) is 11.6 Å². The van der Waals surface area contributed by atoms with Crippen LogP contribution in [-0.2, 0) is 4.74 Å². The molecular formula is C17H17N5O4. The number of hydrogen-bond acceptors (Lipinski definition) is 7. The fourth-order valence-electron chi connectivity index (χ4n) is 2.57. The Balaban J connectivity index is 1.80. The van der Waals surface area contributed by atoms with Crippen LogP contribution >= 0.6 is 0 Å². The number of rotatable bonds is 5. The summed E-state index contributed by atoms with van der Waals surface area (Å²) in [6, 6.07) is 7.84. The van der Waals surface area contributed by atoms with E-state index < -0.39 is 10.8 Å². The molecule has 0 spiro atoms. The van der Waals surface area contributed by atoms with Crippen LogP contribution in [0.25, 0.3) is 0 Å². The van der Waals surface area contributed by atoms with Crippen molar-refractivity contribution in [3.05, 3.63) is 64.0 Å². The quantitative estimate of drug-likeness (QED) is 0.495. The zero-order valence-electron chi connectivity index (χ0n) is 13.9. The lowest BCUT2D eigenvalue weighted by atomic mass is 10.1. The van der Waals surface area contributed by atoms with Gasteiger partial charge in [0, 0.05) is 48.9 Å². The Bertz CT molecular complexity index is 819. The van der Waals surface area contributed by atoms with Crippen molar-refractivity contribution < 1.29 is 14.5 Å². The van der Waals surface area contributed by atoms with E-state index in [2.05, 4.69) is 20.4 Å². The minimum Gasteiger partial charge on any atom is -0.378 e. The second-order valence-electron chi connectivity index (χ2n) is 5.54. The molecule has 1 aromatic carbocycles. The maximum absolute atomic E-state index is 12.0. The molecule has 134 valence electrons. The molecule has 1 aliphatic rings. The van der Waals surface area contributed by atoms with Crippen LogP contribution in [0.5, 0.6) is 0 Å². The molecule has 0 bridgehead atoms. The number of nitro groups is 1. The van der Waals surface area contributed by atoms with Gasteiger partial charge < -0.3 is 9.64 Å². The standard InChI is InChI=1S/C17H17N5O4/c23-17(13-2-1-5-18-11-13)20-19-12-14-10-15(22(24)25)3-4-16(14)21-6-8-26-9-7-21/h1-5,10-12H,6-9H2,(H,20,23)/b19-12+. The normalized spacial score (nSPS) is 14.4. The minimum absolute atomic E-state index is 0.0398. The monoisotopic (exact) mass is 355 g/mol. The molecule has 1 fully saturated rings. The number of ether oxygens (including phenoxy) is 1. The first-order valence-corrected chi connectivity index (χ1v) is 8.00. The highest BCUT2D eigenvalue weighted by atomic mass is 16.6. The average Bonchev–Trinajstić information content (AvgIpc) is 2.69. The highest BCUT2D eigenvalue weighted by Crippen LogP contribution is 2.25. The lowest BCUT2D eigenvalue weighted by molar-refractivity contribution is -0.384. The molecule has 26 heavy (non-hydrogen) atoms. The molecule has 1 aromatic heterocycles. The van der Waals surface area contributed by atoms with Gasteiger partial charge in [-0.2, -0.15) is 5.10 Å². The molecule has 0 radical (unpaired) electrons. The fourth-order valence-corrected chi connectivity index (χ4v) is 2.57. The van der Waals surface area contributed by atoms with Crippen molar-refractivity contribution in [1.29, 1.82) is 0 Å². The molecule has 1 N–H and O–H groups in total. The van der Waals surface area contributed by atoms with E-state index in [0.717, 1.165) is 5.69 Å². The number of hydrazone groups is 1. The number of carbonyl (C=O) groups excluding carboxylic acids is 1. The maximum Gasteiger partial charge on any atom is 0.272 e. The third kappa shape index (κ3) is 4.19. The SMILES string of the molecule is O=C(N/N=C/c1cc([N+](=O)[O-])ccc1N1CCOCC1)c1cccnc1. The zero-order chi connectivity index (χ0) is 18.4. The molecule has 2 aromatic rings. The molecule has 9 nitrogen and oxygen atoms in total. The first-order valence-electron chi connectivity index (χ1n) is 8.00. The second kappa shape index (κ2) is 8.17. The Morgan fingerprint density at radius 2 is 2.15 bits per heavy atom. The second-order valence-corrected chi connectivity index (χ2v) is 5.54. The molecule has 9 heteroatoms. The first kappa shape index (κ1) is 17.5. The number of non-ortho nitro benzene ring substituents is 1. The summed E-state index contributed by atoms with van der Waals surface area (Å²) in [5.74, 6) is -0.410. The van der Waals surface area contributed by atoms with Gasteiger partial charge in [-0.3, -0.25) is 19.9 Å². The molecule has 1 aliphatic heterocycles. The van der Waals surface area contributed by atoms with Gasteiger partial charge in [-0.05, 0) is 18.2 Å². The third-order valence-electron chi connectivity index (χ3n) is 3.87. The van der Waals surface area contributed by atoms with Crippen molar-refractivity contribution in [2.24, 2.45) is 5.10 Å². The molecule has 1 saturated heterocycles. The predicted octanol–water partition coefficient (Wildman–Crippen LogP) is 1.59. The molecular weight excluding hydrogens is 338 g/mol. The largest absolute Gasteiger partial charge is 0.378 e. The number of pyridine rings is 1. The van der Waals surface area contributed by atoms with Gasteiger partial charge >= 0.3 is 0 Å². The summed E-state index contributed by atoms with van der Waals surface area (Å²) in [5.41, 5.74) is 4.09. The Hall–Kier alpha value is -3.33. The third-order valence-corrected chi connectivity index (χ3v) is 3.87. The Labute approximate surface area is 149 Å². The van der Waals surface area contributed by atoms with Crippen LogP contribution < -0.4 is 10.3 Å². The summed E-state index contributed by atoms with van der Waals surface area (Å²) in [5, 5.41) is 15.0. The van der Waals surface area contributed by atoms with Gasteiger partial charge in [0.1, 0.15) is 0 Å². The van der Waals surface area contributed by atoms with Gasteiger partial charge in [0.15, 0.2) is 0 Å². The Kier molecular flexibility index (Phi) is 5.49. The maximum atomic E-state index is 12.0. The van der Waals surface area contributed by atoms with Crippen molar-refractivity contribution in [2.45, 2.75) is 0 Å². The van der Waals surface area contributed by atoms with E-state index in [1.807, 2.05) is 0 Å². The lowest BCUT2D eigenvalue weighted by Gasteiger charge is -2.29. The van der Waals surface area contributed by atoms with Crippen LogP contribution in [0.4, 0.5) is 11.4 Å². The summed E-state index contributed by atoms with van der Waals surface area (Å²) in [7, 11) is 0. The molecule has 2 heterocycles. The fraction of sp³-hybridized carbons (Fsp3) is 0.235. The van der Waals surface area contributed by atoms with E-state index in [1.165, 1.54) is 24.5 Å². The number of amides is 1. The van der Waals surface area contributed by atoms with E-state index in [4.69, 9.17) is 4.74 Å². The van der Waals surface area contributed by atoms with Crippen molar-refractivity contribution in [2.75, 3.05) is 31.2 Å². The molecule has 0 unspecified atom stereocenters. The highest BCUT2D eigenvalue weighted by Gasteiger charge is 2.17. The van der Waals surface area contributed by atoms with Crippen molar-refractivity contribution in [3.63, 3.8) is 0 Å². The number of nitrogens with zero attached hydrogens (tertiary/aromatic N) is 4. The number of hydrogen-bond donors (Lipinski definition) is 1. The smallest absolute Gasteiger partial charge is 0.272 e. The summed E-state index contributed by atoms with van der Waals surface area (Å²) >= 11 is 0. The van der Waals surface area contributed by atoms with Crippen LogP contribution in [0.15, 0.2) is 47.8 Å². The number of nitro benzene ring substituents is 1. The van der Waals surface area contributed by atoms with Crippen molar-refractivity contribution in [3.8, 4) is 0 Å². The number of nitrogens with one attached hydrogen (secondary N) is 1. The van der Waals surface area contributed by atoms with Gasteiger partial charge in [-0.15, -0.1) is 0 Å². The molecule has 0 atom stereocenters. The van der Waals surface area contributed by atoms with E-state index in [-0.39, 0.29) is 5.69 Å². The Morgan fingerprint density at radius 1 is 1.35 bits per heavy atom. The predicted molar refractivity (Wildman–Crippen MR) is 95.4 cm³/mol. The van der Waals surface area contributed by atoms with Gasteiger partial charge in [-0.1, -0.05) is 0 Å². The zero-order valence-corrected chi connectivity index (χ0v) is 13.9. The number of aromatic nitrogens is 1. The topological polar surface area (TPSA) is 110 Å². The molecule has 0 aliphatic carbocycles. The molecule has 3 rings (SSSR count). The van der Waals surface area contributed by atoms with Crippen molar-refractivity contribution in [1.82, 2.24) is 10.4 Å². The summed E-state index contributed by atoms with van der Waals surface area (Å²) < 4.78 is 5.34. The van der Waals surface area contributed by atoms with E-state index in [0.29, 0.717) is 37.4 Å². The van der Waals surface area contributed by atoms with Crippen LogP contribution in [0.1, 0.15) is 15.9 Å². The molecule has 0 saturated carbocycles. The van der Waals surface area contributed by atoms with Gasteiger partial charge in [0.05, 0.1) is 29.9 Å². The number of morpholine rings is 1. The minimum atomic E-state index is -0.464. The average molecular weight is 355 g/mol. The van der Waals surface area contributed by atoms with E-state index >= 15 is 0 Å². The van der Waals surface area contributed by atoms with Crippen LogP contribution in [0.3, 0.4) is 0 Å². The number of anilines is 1. The molecule has 1 amide bonds. The lowest BCUT2D eigenvalue weighted by Crippen LogP contribution is -2.36. The number of benzene rings is 1. The van der Waals surface area contributed by atoms with Crippen LogP contribution in [0.2, 0.25) is 0 Å². The summed E-state index contributed by atoms with van der Waals surface area (Å²) in [6.07, 6.45) is 4.40. The Morgan fingerprint density at radius 3 is 2.85 bits per heavy atom. The summed E-state index contributed by atoms with van der Waals surface area (Å²) in [4.78, 5) is 28.5. The van der Waals surface area contributed by atoms with Crippen LogP contribution in [0, 0.1) is 10.1 Å². The number of carbonyl (C=O) groups is 1. The highest BCUT2D eigenvalue weighted by molar-refractivity contribution is 5.95. The summed E-state index contributed by atoms with van der Waals surface area (Å²) in [6.45, 7) is 2.54. The van der Waals surface area contributed by atoms with Gasteiger partial charge in [0.2, 0.25) is 0 Å².